The summed E-state index contributed by atoms with van der Waals surface area (Å²) in [4.78, 5) is 21.9. The number of aromatic amines is 1. The van der Waals surface area contributed by atoms with Crippen molar-refractivity contribution in [3.8, 4) is 0 Å². The molecule has 2 aromatic heterocycles. The third-order valence-corrected chi connectivity index (χ3v) is 5.76. The van der Waals surface area contributed by atoms with Gasteiger partial charge in [0.05, 0.1) is 34.7 Å². The molecule has 30 heavy (non-hydrogen) atoms. The molecular weight excluding hydrogens is 376 g/mol. The molecule has 0 aliphatic heterocycles. The van der Waals surface area contributed by atoms with E-state index in [-0.39, 0.29) is 24.4 Å². The second kappa shape index (κ2) is 8.11. The number of hydrogen-bond donors (Lipinski definition) is 2. The highest BCUT2D eigenvalue weighted by Crippen LogP contribution is 2.29. The molecule has 2 heterocycles. The number of fused-ring (bicyclic) bond motifs is 2. The molecule has 0 aliphatic rings. The molecule has 0 radical (unpaired) electrons. The lowest BCUT2D eigenvalue weighted by molar-refractivity contribution is 0.283. The first-order chi connectivity index (χ1) is 14.4. The van der Waals surface area contributed by atoms with Crippen LogP contribution in [0.1, 0.15) is 64.0 Å². The zero-order valence-electron chi connectivity index (χ0n) is 18.1. The van der Waals surface area contributed by atoms with E-state index in [2.05, 4.69) is 18.8 Å². The van der Waals surface area contributed by atoms with Crippen LogP contribution in [0.15, 0.2) is 47.3 Å². The number of nitrogens with zero attached hydrogens (tertiary/aromatic N) is 3. The van der Waals surface area contributed by atoms with Gasteiger partial charge in [0.25, 0.3) is 0 Å². The van der Waals surface area contributed by atoms with E-state index in [9.17, 15) is 9.90 Å². The molecule has 0 fully saturated rings. The highest BCUT2D eigenvalue weighted by atomic mass is 16.3. The molecule has 158 valence electrons. The number of H-pyrrole nitrogens is 1. The van der Waals surface area contributed by atoms with Crippen LogP contribution >= 0.6 is 0 Å². The number of imidazole rings is 2. The van der Waals surface area contributed by atoms with Gasteiger partial charge in [-0.15, -0.1) is 0 Å². The second-order valence-corrected chi connectivity index (χ2v) is 8.69. The Balaban J connectivity index is 1.95. The van der Waals surface area contributed by atoms with Gasteiger partial charge in [0.1, 0.15) is 5.82 Å². The summed E-state index contributed by atoms with van der Waals surface area (Å²) in [5.74, 6) is 1.28. The van der Waals surface area contributed by atoms with E-state index in [0.717, 1.165) is 46.3 Å². The number of nitrogens with one attached hydrogen (secondary N) is 1. The maximum absolute atomic E-state index is 13.6. The standard InChI is InChI=1S/C24H30N4O2/c1-15(2)12-13-21(23-25-18-9-7-8-17(14-29)22(18)26-23)28-20-11-6-5-10-19(20)27(16(3)4)24(28)30/h5-11,15-16,21,29H,12-14H2,1-4H3,(H,25,26). The molecule has 6 nitrogen and oxygen atoms in total. The van der Waals surface area contributed by atoms with Gasteiger partial charge in [-0.05, 0) is 50.8 Å². The zero-order valence-corrected chi connectivity index (χ0v) is 18.1. The van der Waals surface area contributed by atoms with Crippen molar-refractivity contribution in [1.82, 2.24) is 19.1 Å². The monoisotopic (exact) mass is 406 g/mol. The van der Waals surface area contributed by atoms with Gasteiger partial charge in [0.2, 0.25) is 0 Å². The maximum Gasteiger partial charge on any atom is 0.330 e. The molecule has 0 saturated heterocycles. The van der Waals surface area contributed by atoms with Crippen LogP contribution in [0.4, 0.5) is 0 Å². The van der Waals surface area contributed by atoms with Gasteiger partial charge in [-0.3, -0.25) is 9.13 Å². The minimum atomic E-state index is -0.205. The van der Waals surface area contributed by atoms with Crippen LogP contribution in [-0.2, 0) is 6.61 Å². The first-order valence-electron chi connectivity index (χ1n) is 10.7. The predicted octanol–water partition coefficient (Wildman–Crippen LogP) is 4.78. The summed E-state index contributed by atoms with van der Waals surface area (Å²) >= 11 is 0. The van der Waals surface area contributed by atoms with Crippen LogP contribution < -0.4 is 5.69 Å². The van der Waals surface area contributed by atoms with Crippen molar-refractivity contribution in [2.24, 2.45) is 5.92 Å². The largest absolute Gasteiger partial charge is 0.392 e. The fraction of sp³-hybridized carbons (Fsp3) is 0.417. The molecule has 1 unspecified atom stereocenters. The van der Waals surface area contributed by atoms with Crippen LogP contribution in [0, 0.1) is 5.92 Å². The average Bonchev–Trinajstić information content (AvgIpc) is 3.27. The van der Waals surface area contributed by atoms with Gasteiger partial charge in [-0.1, -0.05) is 38.1 Å². The molecule has 6 heteroatoms. The van der Waals surface area contributed by atoms with Crippen molar-refractivity contribution in [3.05, 3.63) is 64.3 Å². The van der Waals surface area contributed by atoms with Gasteiger partial charge >= 0.3 is 5.69 Å². The highest BCUT2D eigenvalue weighted by molar-refractivity contribution is 5.79. The van der Waals surface area contributed by atoms with E-state index in [0.29, 0.717) is 5.92 Å². The molecule has 1 atom stereocenters. The van der Waals surface area contributed by atoms with E-state index < -0.39 is 0 Å². The molecule has 0 aliphatic carbocycles. The predicted molar refractivity (Wildman–Crippen MR) is 121 cm³/mol. The third kappa shape index (κ3) is 3.45. The van der Waals surface area contributed by atoms with Crippen LogP contribution in [-0.4, -0.2) is 24.2 Å². The summed E-state index contributed by atoms with van der Waals surface area (Å²) in [7, 11) is 0. The highest BCUT2D eigenvalue weighted by Gasteiger charge is 2.25. The van der Waals surface area contributed by atoms with E-state index >= 15 is 0 Å². The van der Waals surface area contributed by atoms with Crippen LogP contribution in [0.2, 0.25) is 0 Å². The molecule has 0 spiro atoms. The second-order valence-electron chi connectivity index (χ2n) is 8.69. The number of aliphatic hydroxyl groups excluding tert-OH is 1. The third-order valence-electron chi connectivity index (χ3n) is 5.76. The first-order valence-corrected chi connectivity index (χ1v) is 10.7. The lowest BCUT2D eigenvalue weighted by Crippen LogP contribution is -2.29. The molecule has 0 bridgehead atoms. The van der Waals surface area contributed by atoms with Crippen molar-refractivity contribution in [2.75, 3.05) is 0 Å². The summed E-state index contributed by atoms with van der Waals surface area (Å²) in [5, 5.41) is 9.71. The number of aliphatic hydroxyl groups is 1. The van der Waals surface area contributed by atoms with E-state index in [1.54, 1.807) is 0 Å². The fourth-order valence-corrected chi connectivity index (χ4v) is 4.27. The number of benzene rings is 2. The van der Waals surface area contributed by atoms with Gasteiger partial charge < -0.3 is 10.1 Å². The Morgan fingerprint density at radius 1 is 0.967 bits per heavy atom. The average molecular weight is 407 g/mol. The van der Waals surface area contributed by atoms with Gasteiger partial charge in [-0.25, -0.2) is 9.78 Å². The zero-order chi connectivity index (χ0) is 21.4. The lowest BCUT2D eigenvalue weighted by atomic mass is 10.0. The summed E-state index contributed by atoms with van der Waals surface area (Å²) < 4.78 is 3.76. The normalized spacial score (nSPS) is 13.2. The summed E-state index contributed by atoms with van der Waals surface area (Å²) in [6.45, 7) is 8.40. The topological polar surface area (TPSA) is 75.8 Å². The Hall–Kier alpha value is -2.86. The maximum atomic E-state index is 13.6. The number of aromatic nitrogens is 4. The minimum Gasteiger partial charge on any atom is -0.392 e. The Kier molecular flexibility index (Phi) is 5.52. The van der Waals surface area contributed by atoms with Crippen LogP contribution in [0.5, 0.6) is 0 Å². The van der Waals surface area contributed by atoms with Crippen LogP contribution in [0.3, 0.4) is 0 Å². The molecule has 2 N–H and O–H groups in total. The van der Waals surface area contributed by atoms with Gasteiger partial charge in [0, 0.05) is 11.6 Å². The van der Waals surface area contributed by atoms with Crippen molar-refractivity contribution < 1.29 is 5.11 Å². The first kappa shape index (κ1) is 20.4. The SMILES string of the molecule is CC(C)CCC(c1nc2c(CO)cccc2[nH]1)n1c(=O)n(C(C)C)c2ccccc21. The van der Waals surface area contributed by atoms with Crippen molar-refractivity contribution in [1.29, 1.82) is 0 Å². The summed E-state index contributed by atoms with van der Waals surface area (Å²) in [6, 6.07) is 13.6. The van der Waals surface area contributed by atoms with Gasteiger partial charge in [0.15, 0.2) is 0 Å². The van der Waals surface area contributed by atoms with E-state index in [4.69, 9.17) is 4.98 Å². The van der Waals surface area contributed by atoms with Crippen molar-refractivity contribution in [2.45, 2.75) is 59.2 Å². The van der Waals surface area contributed by atoms with E-state index in [1.165, 1.54) is 0 Å². The summed E-state index contributed by atoms with van der Waals surface area (Å²) in [5.41, 5.74) is 4.29. The molecular formula is C24H30N4O2. The molecule has 4 aromatic rings. The lowest BCUT2D eigenvalue weighted by Gasteiger charge is -2.18. The number of para-hydroxylation sites is 3. The smallest absolute Gasteiger partial charge is 0.330 e. The van der Waals surface area contributed by atoms with Gasteiger partial charge in [-0.2, -0.15) is 0 Å². The molecule has 2 aromatic carbocycles. The fourth-order valence-electron chi connectivity index (χ4n) is 4.27. The quantitative estimate of drug-likeness (QED) is 0.464. The number of hydrogen-bond acceptors (Lipinski definition) is 3. The Morgan fingerprint density at radius 2 is 1.67 bits per heavy atom. The van der Waals surface area contributed by atoms with Crippen molar-refractivity contribution in [3.63, 3.8) is 0 Å². The Bertz CT molecular complexity index is 1230. The van der Waals surface area contributed by atoms with Crippen LogP contribution in [0.25, 0.3) is 22.1 Å². The molecule has 0 amide bonds. The van der Waals surface area contributed by atoms with E-state index in [1.807, 2.05) is 65.4 Å². The Labute approximate surface area is 176 Å². The molecule has 4 rings (SSSR count). The molecule has 0 saturated carbocycles. The summed E-state index contributed by atoms with van der Waals surface area (Å²) in [6.07, 6.45) is 1.78. The Morgan fingerprint density at radius 3 is 2.30 bits per heavy atom. The minimum absolute atomic E-state index is 0.0113. The number of rotatable bonds is 7. The van der Waals surface area contributed by atoms with Crippen molar-refractivity contribution >= 4 is 22.1 Å².